The Labute approximate surface area is 139 Å². The summed E-state index contributed by atoms with van der Waals surface area (Å²) >= 11 is 0. The van der Waals surface area contributed by atoms with Crippen molar-refractivity contribution in [2.45, 2.75) is 58.7 Å². The molecular formula is C20H26N2O. The van der Waals surface area contributed by atoms with E-state index in [1.807, 2.05) is 18.5 Å². The van der Waals surface area contributed by atoms with Crippen LogP contribution in [0, 0.1) is 13.8 Å². The van der Waals surface area contributed by atoms with Gasteiger partial charge in [-0.25, -0.2) is 0 Å². The van der Waals surface area contributed by atoms with Crippen LogP contribution in [0.2, 0.25) is 0 Å². The monoisotopic (exact) mass is 310 g/mol. The molecule has 1 aliphatic rings. The van der Waals surface area contributed by atoms with Gasteiger partial charge in [-0.05, 0) is 56.0 Å². The quantitative estimate of drug-likeness (QED) is 0.904. The molecule has 0 radical (unpaired) electrons. The maximum absolute atomic E-state index is 6.33. The molecule has 1 aromatic carbocycles. The molecule has 0 amide bonds. The molecule has 0 bridgehead atoms. The van der Waals surface area contributed by atoms with Gasteiger partial charge in [-0.2, -0.15) is 0 Å². The lowest BCUT2D eigenvalue weighted by Gasteiger charge is -2.40. The smallest absolute Gasteiger partial charge is 0.125 e. The Balaban J connectivity index is 1.88. The van der Waals surface area contributed by atoms with Gasteiger partial charge < -0.3 is 10.1 Å². The number of fused-ring (bicyclic) bond motifs is 1. The highest BCUT2D eigenvalue weighted by Crippen LogP contribution is 2.42. The van der Waals surface area contributed by atoms with Crippen LogP contribution >= 0.6 is 0 Å². The minimum atomic E-state index is -0.110. The molecule has 122 valence electrons. The van der Waals surface area contributed by atoms with E-state index in [-0.39, 0.29) is 5.60 Å². The van der Waals surface area contributed by atoms with Crippen molar-refractivity contribution in [1.29, 1.82) is 0 Å². The third-order valence-corrected chi connectivity index (χ3v) is 5.02. The lowest BCUT2D eigenvalue weighted by atomic mass is 9.85. The fraction of sp³-hybridized carbons (Fsp3) is 0.450. The average molecular weight is 310 g/mol. The molecule has 3 nitrogen and oxygen atoms in total. The molecule has 0 saturated carbocycles. The van der Waals surface area contributed by atoms with Crippen molar-refractivity contribution in [2.24, 2.45) is 0 Å². The minimum absolute atomic E-state index is 0.110. The summed E-state index contributed by atoms with van der Waals surface area (Å²) in [4.78, 5) is 4.20. The predicted molar refractivity (Wildman–Crippen MR) is 93.7 cm³/mol. The van der Waals surface area contributed by atoms with E-state index in [2.05, 4.69) is 56.2 Å². The Morgan fingerprint density at radius 3 is 2.78 bits per heavy atom. The maximum Gasteiger partial charge on any atom is 0.125 e. The number of ether oxygens (including phenoxy) is 1. The standard InChI is InChI=1S/C20H26N2O/c1-5-20(4)11-18(22-13-16-7-6-8-21-12-16)17-9-14(2)15(3)10-19(17)23-20/h6-10,12,18,22H,5,11,13H2,1-4H3. The Bertz CT molecular complexity index is 684. The fourth-order valence-electron chi connectivity index (χ4n) is 3.16. The molecule has 0 fully saturated rings. The summed E-state index contributed by atoms with van der Waals surface area (Å²) in [5, 5.41) is 3.71. The van der Waals surface area contributed by atoms with Gasteiger partial charge in [0.15, 0.2) is 0 Å². The fourth-order valence-corrected chi connectivity index (χ4v) is 3.16. The highest BCUT2D eigenvalue weighted by molar-refractivity contribution is 5.45. The second-order valence-electron chi connectivity index (χ2n) is 6.88. The molecule has 0 aliphatic carbocycles. The van der Waals surface area contributed by atoms with Crippen molar-refractivity contribution in [1.82, 2.24) is 10.3 Å². The van der Waals surface area contributed by atoms with Gasteiger partial charge >= 0.3 is 0 Å². The highest BCUT2D eigenvalue weighted by Gasteiger charge is 2.36. The summed E-state index contributed by atoms with van der Waals surface area (Å²) < 4.78 is 6.33. The van der Waals surface area contributed by atoms with Gasteiger partial charge in [0, 0.05) is 37.0 Å². The number of rotatable bonds is 4. The maximum atomic E-state index is 6.33. The first-order valence-electron chi connectivity index (χ1n) is 8.43. The average Bonchev–Trinajstić information content (AvgIpc) is 2.55. The van der Waals surface area contributed by atoms with E-state index in [9.17, 15) is 0 Å². The van der Waals surface area contributed by atoms with Crippen molar-refractivity contribution in [3.05, 3.63) is 58.9 Å². The van der Waals surface area contributed by atoms with Crippen LogP contribution in [0.1, 0.15) is 55.0 Å². The second-order valence-corrected chi connectivity index (χ2v) is 6.88. The third kappa shape index (κ3) is 3.40. The van der Waals surface area contributed by atoms with E-state index < -0.39 is 0 Å². The summed E-state index contributed by atoms with van der Waals surface area (Å²) in [6.45, 7) is 9.55. The van der Waals surface area contributed by atoms with Crippen molar-refractivity contribution in [3.63, 3.8) is 0 Å². The summed E-state index contributed by atoms with van der Waals surface area (Å²) in [7, 11) is 0. The Morgan fingerprint density at radius 2 is 2.09 bits per heavy atom. The Morgan fingerprint density at radius 1 is 1.30 bits per heavy atom. The number of aryl methyl sites for hydroxylation is 2. The SMILES string of the molecule is CCC1(C)CC(NCc2cccnc2)c2cc(C)c(C)cc2O1. The zero-order chi connectivity index (χ0) is 16.4. The van der Waals surface area contributed by atoms with Gasteiger partial charge in [-0.15, -0.1) is 0 Å². The minimum Gasteiger partial charge on any atom is -0.487 e. The van der Waals surface area contributed by atoms with Crippen LogP contribution in [0.3, 0.4) is 0 Å². The summed E-state index contributed by atoms with van der Waals surface area (Å²) in [6, 6.07) is 8.87. The van der Waals surface area contributed by atoms with Crippen LogP contribution in [0.5, 0.6) is 5.75 Å². The van der Waals surface area contributed by atoms with Gasteiger partial charge in [-0.3, -0.25) is 4.98 Å². The zero-order valence-electron chi connectivity index (χ0n) is 14.5. The van der Waals surface area contributed by atoms with Gasteiger partial charge in [0.25, 0.3) is 0 Å². The van der Waals surface area contributed by atoms with Crippen LogP contribution in [0.25, 0.3) is 0 Å². The molecule has 3 rings (SSSR count). The van der Waals surface area contributed by atoms with Gasteiger partial charge in [0.2, 0.25) is 0 Å². The number of nitrogens with zero attached hydrogens (tertiary/aromatic N) is 1. The molecule has 0 saturated heterocycles. The lowest BCUT2D eigenvalue weighted by molar-refractivity contribution is 0.0438. The van der Waals surface area contributed by atoms with Crippen LogP contribution in [0.15, 0.2) is 36.7 Å². The first-order valence-corrected chi connectivity index (χ1v) is 8.43. The Hall–Kier alpha value is -1.87. The Kier molecular flexibility index (Phi) is 4.40. The van der Waals surface area contributed by atoms with E-state index in [4.69, 9.17) is 4.74 Å². The number of benzene rings is 1. The molecule has 23 heavy (non-hydrogen) atoms. The molecule has 2 heterocycles. The predicted octanol–water partition coefficient (Wildman–Crippen LogP) is 4.48. The molecule has 2 atom stereocenters. The van der Waals surface area contributed by atoms with Gasteiger partial charge in [-0.1, -0.05) is 19.1 Å². The molecular weight excluding hydrogens is 284 g/mol. The molecule has 0 spiro atoms. The summed E-state index contributed by atoms with van der Waals surface area (Å²) in [5.74, 6) is 1.03. The number of aromatic nitrogens is 1. The van der Waals surface area contributed by atoms with Crippen LogP contribution in [0.4, 0.5) is 0 Å². The molecule has 2 unspecified atom stereocenters. The molecule has 1 N–H and O–H groups in total. The van der Waals surface area contributed by atoms with Crippen molar-refractivity contribution in [2.75, 3.05) is 0 Å². The van der Waals surface area contributed by atoms with E-state index in [1.54, 1.807) is 0 Å². The zero-order valence-corrected chi connectivity index (χ0v) is 14.5. The van der Waals surface area contributed by atoms with Gasteiger partial charge in [0.05, 0.1) is 0 Å². The van der Waals surface area contributed by atoms with Crippen molar-refractivity contribution in [3.8, 4) is 5.75 Å². The van der Waals surface area contributed by atoms with Crippen molar-refractivity contribution >= 4 is 0 Å². The third-order valence-electron chi connectivity index (χ3n) is 5.02. The molecule has 3 heteroatoms. The van der Waals surface area contributed by atoms with Crippen LogP contribution in [-0.2, 0) is 6.54 Å². The number of hydrogen-bond donors (Lipinski definition) is 1. The highest BCUT2D eigenvalue weighted by atomic mass is 16.5. The summed E-state index contributed by atoms with van der Waals surface area (Å²) in [5.41, 5.74) is 4.99. The number of pyridine rings is 1. The van der Waals surface area contributed by atoms with Crippen LogP contribution < -0.4 is 10.1 Å². The van der Waals surface area contributed by atoms with E-state index in [1.165, 1.54) is 22.3 Å². The topological polar surface area (TPSA) is 34.2 Å². The summed E-state index contributed by atoms with van der Waals surface area (Å²) in [6.07, 6.45) is 5.73. The molecule has 1 aliphatic heterocycles. The van der Waals surface area contributed by atoms with E-state index in [0.29, 0.717) is 6.04 Å². The number of hydrogen-bond acceptors (Lipinski definition) is 3. The first-order chi connectivity index (χ1) is 11.0. The molecule has 2 aromatic rings. The lowest BCUT2D eigenvalue weighted by Crippen LogP contribution is -2.41. The van der Waals surface area contributed by atoms with E-state index in [0.717, 1.165) is 25.1 Å². The number of nitrogens with one attached hydrogen (secondary N) is 1. The van der Waals surface area contributed by atoms with Crippen LogP contribution in [-0.4, -0.2) is 10.6 Å². The molecule has 1 aromatic heterocycles. The normalized spacial score (nSPS) is 23.2. The largest absolute Gasteiger partial charge is 0.487 e. The van der Waals surface area contributed by atoms with Crippen molar-refractivity contribution < 1.29 is 4.74 Å². The van der Waals surface area contributed by atoms with E-state index >= 15 is 0 Å². The van der Waals surface area contributed by atoms with Gasteiger partial charge in [0.1, 0.15) is 11.4 Å². The second kappa shape index (κ2) is 6.32. The first kappa shape index (κ1) is 16.0.